The number of imidazole rings is 1. The van der Waals surface area contributed by atoms with Crippen molar-refractivity contribution < 1.29 is 4.74 Å². The van der Waals surface area contributed by atoms with E-state index in [1.807, 2.05) is 6.20 Å². The summed E-state index contributed by atoms with van der Waals surface area (Å²) in [4.78, 5) is 22.4. The SMILES string of the molecule is CC1CN(c2ccc(CNc3ncnc4nc[nH]c34)cn2)CCO1. The van der Waals surface area contributed by atoms with Gasteiger partial charge in [-0.05, 0) is 18.6 Å². The van der Waals surface area contributed by atoms with Crippen LogP contribution >= 0.6 is 0 Å². The molecule has 24 heavy (non-hydrogen) atoms. The van der Waals surface area contributed by atoms with Crippen molar-refractivity contribution in [3.63, 3.8) is 0 Å². The Bertz CT molecular complexity index is 817. The Morgan fingerprint density at radius 3 is 3.08 bits per heavy atom. The molecule has 1 unspecified atom stereocenters. The first-order valence-electron chi connectivity index (χ1n) is 7.99. The van der Waals surface area contributed by atoms with Gasteiger partial charge in [-0.25, -0.2) is 19.9 Å². The van der Waals surface area contributed by atoms with Gasteiger partial charge in [0.1, 0.15) is 17.7 Å². The van der Waals surface area contributed by atoms with E-state index in [2.05, 4.69) is 54.2 Å². The van der Waals surface area contributed by atoms with Gasteiger partial charge in [0, 0.05) is 25.8 Å². The number of nitrogens with one attached hydrogen (secondary N) is 2. The Kier molecular flexibility index (Phi) is 3.96. The number of morpholine rings is 1. The van der Waals surface area contributed by atoms with Crippen molar-refractivity contribution in [3.8, 4) is 0 Å². The van der Waals surface area contributed by atoms with Gasteiger partial charge in [-0.2, -0.15) is 0 Å². The maximum absolute atomic E-state index is 5.57. The van der Waals surface area contributed by atoms with Crippen LogP contribution in [0.3, 0.4) is 0 Å². The van der Waals surface area contributed by atoms with Gasteiger partial charge in [0.25, 0.3) is 0 Å². The van der Waals surface area contributed by atoms with Crippen LogP contribution in [0, 0.1) is 0 Å². The highest BCUT2D eigenvalue weighted by atomic mass is 16.5. The molecule has 0 bridgehead atoms. The smallest absolute Gasteiger partial charge is 0.182 e. The number of aromatic nitrogens is 5. The van der Waals surface area contributed by atoms with E-state index in [-0.39, 0.29) is 6.10 Å². The third-order valence-electron chi connectivity index (χ3n) is 4.06. The van der Waals surface area contributed by atoms with E-state index in [1.165, 1.54) is 6.33 Å². The lowest BCUT2D eigenvalue weighted by Crippen LogP contribution is -2.41. The van der Waals surface area contributed by atoms with Crippen LogP contribution in [-0.2, 0) is 11.3 Å². The van der Waals surface area contributed by atoms with E-state index in [0.717, 1.165) is 42.4 Å². The summed E-state index contributed by atoms with van der Waals surface area (Å²) in [5.41, 5.74) is 2.55. The van der Waals surface area contributed by atoms with Gasteiger partial charge < -0.3 is 19.9 Å². The lowest BCUT2D eigenvalue weighted by atomic mass is 10.2. The van der Waals surface area contributed by atoms with Crippen LogP contribution < -0.4 is 10.2 Å². The molecule has 0 aliphatic carbocycles. The van der Waals surface area contributed by atoms with Crippen LogP contribution in [0.1, 0.15) is 12.5 Å². The second-order valence-electron chi connectivity index (χ2n) is 5.83. The maximum Gasteiger partial charge on any atom is 0.182 e. The van der Waals surface area contributed by atoms with Crippen molar-refractivity contribution in [1.29, 1.82) is 0 Å². The standard InChI is InChI=1S/C16H19N7O/c1-11-8-23(4-5-24-11)13-3-2-12(6-17-13)7-18-15-14-16(20-9-19-14)22-10-21-15/h2-3,6,9-11H,4-5,7-8H2,1H3,(H2,18,19,20,21,22). The monoisotopic (exact) mass is 325 g/mol. The Morgan fingerprint density at radius 2 is 2.25 bits per heavy atom. The number of ether oxygens (including phenoxy) is 1. The summed E-state index contributed by atoms with van der Waals surface area (Å²) in [5.74, 6) is 1.73. The molecule has 4 rings (SSSR count). The lowest BCUT2D eigenvalue weighted by molar-refractivity contribution is 0.0529. The number of nitrogens with zero attached hydrogens (tertiary/aromatic N) is 5. The molecule has 1 atom stereocenters. The number of H-pyrrole nitrogens is 1. The molecule has 0 aromatic carbocycles. The van der Waals surface area contributed by atoms with Crippen LogP contribution in [0.2, 0.25) is 0 Å². The minimum absolute atomic E-state index is 0.247. The van der Waals surface area contributed by atoms with E-state index >= 15 is 0 Å². The Labute approximate surface area is 139 Å². The van der Waals surface area contributed by atoms with E-state index < -0.39 is 0 Å². The third kappa shape index (κ3) is 3.00. The van der Waals surface area contributed by atoms with E-state index in [1.54, 1.807) is 6.33 Å². The highest BCUT2D eigenvalue weighted by Gasteiger charge is 2.17. The first-order valence-corrected chi connectivity index (χ1v) is 7.99. The molecule has 4 heterocycles. The third-order valence-corrected chi connectivity index (χ3v) is 4.06. The van der Waals surface area contributed by atoms with Gasteiger partial charge in [0.2, 0.25) is 0 Å². The molecule has 1 saturated heterocycles. The quantitative estimate of drug-likeness (QED) is 0.752. The van der Waals surface area contributed by atoms with E-state index in [0.29, 0.717) is 12.2 Å². The Balaban J connectivity index is 1.43. The number of anilines is 2. The first-order chi connectivity index (χ1) is 11.8. The fourth-order valence-electron chi connectivity index (χ4n) is 2.82. The zero-order chi connectivity index (χ0) is 16.4. The summed E-state index contributed by atoms with van der Waals surface area (Å²) in [6.07, 6.45) is 5.27. The molecular weight excluding hydrogens is 306 g/mol. The summed E-state index contributed by atoms with van der Waals surface area (Å²) in [7, 11) is 0. The van der Waals surface area contributed by atoms with Gasteiger partial charge in [-0.15, -0.1) is 0 Å². The van der Waals surface area contributed by atoms with E-state index in [9.17, 15) is 0 Å². The molecule has 2 N–H and O–H groups in total. The summed E-state index contributed by atoms with van der Waals surface area (Å²) in [5, 5.41) is 3.30. The molecule has 8 nitrogen and oxygen atoms in total. The second-order valence-corrected chi connectivity index (χ2v) is 5.83. The molecule has 1 aliphatic heterocycles. The minimum Gasteiger partial charge on any atom is -0.375 e. The molecule has 124 valence electrons. The summed E-state index contributed by atoms with van der Waals surface area (Å²) in [6, 6.07) is 4.14. The average Bonchev–Trinajstić information content (AvgIpc) is 3.10. The second kappa shape index (κ2) is 6.40. The largest absolute Gasteiger partial charge is 0.375 e. The molecular formula is C16H19N7O. The molecule has 0 spiro atoms. The molecule has 0 saturated carbocycles. The number of pyridine rings is 1. The summed E-state index contributed by atoms with van der Waals surface area (Å²) < 4.78 is 5.57. The van der Waals surface area contributed by atoms with Crippen molar-refractivity contribution >= 4 is 22.8 Å². The van der Waals surface area contributed by atoms with Gasteiger partial charge in [-0.3, -0.25) is 0 Å². The molecule has 3 aromatic heterocycles. The molecule has 3 aromatic rings. The average molecular weight is 325 g/mol. The van der Waals surface area contributed by atoms with Gasteiger partial charge in [0.15, 0.2) is 11.5 Å². The van der Waals surface area contributed by atoms with Crippen molar-refractivity contribution in [2.75, 3.05) is 29.9 Å². The predicted molar refractivity (Wildman–Crippen MR) is 90.9 cm³/mol. The molecule has 0 radical (unpaired) electrons. The van der Waals surface area contributed by atoms with Gasteiger partial charge >= 0.3 is 0 Å². The van der Waals surface area contributed by atoms with Crippen LogP contribution in [-0.4, -0.2) is 50.7 Å². The number of hydrogen-bond acceptors (Lipinski definition) is 7. The fraction of sp³-hybridized carbons (Fsp3) is 0.375. The van der Waals surface area contributed by atoms with Crippen LogP contribution in [0.4, 0.5) is 11.6 Å². The highest BCUT2D eigenvalue weighted by Crippen LogP contribution is 2.18. The molecule has 0 amide bonds. The first kappa shape index (κ1) is 14.8. The Morgan fingerprint density at radius 1 is 1.29 bits per heavy atom. The highest BCUT2D eigenvalue weighted by molar-refractivity contribution is 5.81. The summed E-state index contributed by atoms with van der Waals surface area (Å²) >= 11 is 0. The topological polar surface area (TPSA) is 91.8 Å². The van der Waals surface area contributed by atoms with Crippen molar-refractivity contribution in [1.82, 2.24) is 24.9 Å². The fourth-order valence-corrected chi connectivity index (χ4v) is 2.82. The zero-order valence-electron chi connectivity index (χ0n) is 13.4. The van der Waals surface area contributed by atoms with E-state index in [4.69, 9.17) is 4.74 Å². The van der Waals surface area contributed by atoms with Gasteiger partial charge in [-0.1, -0.05) is 6.07 Å². The predicted octanol–water partition coefficient (Wildman–Crippen LogP) is 1.59. The number of rotatable bonds is 4. The molecule has 1 aliphatic rings. The Hall–Kier alpha value is -2.74. The van der Waals surface area contributed by atoms with Gasteiger partial charge in [0.05, 0.1) is 19.0 Å². The van der Waals surface area contributed by atoms with Crippen LogP contribution in [0.25, 0.3) is 11.2 Å². The van der Waals surface area contributed by atoms with Crippen LogP contribution in [0.5, 0.6) is 0 Å². The van der Waals surface area contributed by atoms with Crippen molar-refractivity contribution in [2.24, 2.45) is 0 Å². The lowest BCUT2D eigenvalue weighted by Gasteiger charge is -2.32. The number of fused-ring (bicyclic) bond motifs is 1. The summed E-state index contributed by atoms with van der Waals surface area (Å²) in [6.45, 7) is 5.23. The van der Waals surface area contributed by atoms with Crippen LogP contribution in [0.15, 0.2) is 31.0 Å². The zero-order valence-corrected chi connectivity index (χ0v) is 13.4. The van der Waals surface area contributed by atoms with Crippen molar-refractivity contribution in [3.05, 3.63) is 36.5 Å². The molecule has 1 fully saturated rings. The maximum atomic E-state index is 5.57. The normalized spacial score (nSPS) is 18.0. The van der Waals surface area contributed by atoms with Crippen molar-refractivity contribution in [2.45, 2.75) is 19.6 Å². The number of hydrogen-bond donors (Lipinski definition) is 2. The molecule has 8 heteroatoms. The number of aromatic amines is 1. The minimum atomic E-state index is 0.247.